The summed E-state index contributed by atoms with van der Waals surface area (Å²) in [6.07, 6.45) is 1.89. The lowest BCUT2D eigenvalue weighted by Gasteiger charge is -2.25. The van der Waals surface area contributed by atoms with Crippen LogP contribution in [0.2, 0.25) is 5.15 Å². The monoisotopic (exact) mass is 227 g/mol. The molecule has 0 bridgehead atoms. The van der Waals surface area contributed by atoms with Crippen molar-refractivity contribution in [3.8, 4) is 0 Å². The van der Waals surface area contributed by atoms with E-state index in [1.54, 1.807) is 0 Å². The molecule has 0 aliphatic rings. The third kappa shape index (κ3) is 3.06. The molecule has 0 spiro atoms. The summed E-state index contributed by atoms with van der Waals surface area (Å²) in [4.78, 5) is 10.7. The fourth-order valence-corrected chi connectivity index (χ4v) is 1.49. The zero-order valence-corrected chi connectivity index (χ0v) is 10.5. The van der Waals surface area contributed by atoms with Gasteiger partial charge in [-0.25, -0.2) is 9.97 Å². The molecule has 1 aromatic heterocycles. The zero-order valence-electron chi connectivity index (χ0n) is 9.79. The minimum absolute atomic E-state index is 0.459. The van der Waals surface area contributed by atoms with Crippen LogP contribution < -0.4 is 4.90 Å². The summed E-state index contributed by atoms with van der Waals surface area (Å²) in [7, 11) is 2.03. The van der Waals surface area contributed by atoms with Gasteiger partial charge in [0.15, 0.2) is 0 Å². The topological polar surface area (TPSA) is 29.0 Å². The first kappa shape index (κ1) is 12.2. The van der Waals surface area contributed by atoms with Crippen LogP contribution >= 0.6 is 11.6 Å². The number of aromatic nitrogens is 2. The first-order valence-electron chi connectivity index (χ1n) is 5.34. The molecule has 1 heterocycles. The molecular weight excluding hydrogens is 210 g/mol. The Hall–Kier alpha value is -0.830. The van der Waals surface area contributed by atoms with Gasteiger partial charge in [-0.15, -0.1) is 0 Å². The van der Waals surface area contributed by atoms with Gasteiger partial charge in [0, 0.05) is 25.6 Å². The molecule has 0 aliphatic carbocycles. The molecule has 0 fully saturated rings. The highest BCUT2D eigenvalue weighted by Crippen LogP contribution is 2.18. The molecule has 0 N–H and O–H groups in total. The van der Waals surface area contributed by atoms with Crippen molar-refractivity contribution in [1.29, 1.82) is 0 Å². The average Bonchev–Trinajstić information content (AvgIpc) is 2.26. The Labute approximate surface area is 96.5 Å². The molecule has 3 nitrogen and oxygen atoms in total. The first-order valence-corrected chi connectivity index (χ1v) is 5.72. The van der Waals surface area contributed by atoms with Gasteiger partial charge < -0.3 is 4.90 Å². The van der Waals surface area contributed by atoms with Gasteiger partial charge in [-0.2, -0.15) is 0 Å². The summed E-state index contributed by atoms with van der Waals surface area (Å²) in [5.41, 5.74) is 0. The van der Waals surface area contributed by atoms with Crippen LogP contribution in [-0.4, -0.2) is 23.1 Å². The van der Waals surface area contributed by atoms with Crippen molar-refractivity contribution < 1.29 is 0 Å². The van der Waals surface area contributed by atoms with Crippen LogP contribution in [0.25, 0.3) is 0 Å². The van der Waals surface area contributed by atoms with E-state index in [9.17, 15) is 0 Å². The summed E-state index contributed by atoms with van der Waals surface area (Å²) in [6.45, 7) is 6.35. The summed E-state index contributed by atoms with van der Waals surface area (Å²) in [5, 5.41) is 0.520. The number of rotatable bonds is 4. The summed E-state index contributed by atoms with van der Waals surface area (Å²) in [5.74, 6) is 1.70. The second-order valence-electron chi connectivity index (χ2n) is 3.69. The van der Waals surface area contributed by atoms with Crippen LogP contribution in [-0.2, 0) is 6.42 Å². The second-order valence-corrected chi connectivity index (χ2v) is 4.07. The maximum Gasteiger partial charge on any atom is 0.134 e. The molecule has 0 aromatic carbocycles. The molecule has 0 saturated heterocycles. The van der Waals surface area contributed by atoms with Crippen molar-refractivity contribution in [3.63, 3.8) is 0 Å². The number of hydrogen-bond acceptors (Lipinski definition) is 3. The SMILES string of the molecule is CCc1nc(Cl)cc(N(C)C(C)CC)n1. The van der Waals surface area contributed by atoms with Crippen molar-refractivity contribution in [2.75, 3.05) is 11.9 Å². The van der Waals surface area contributed by atoms with E-state index in [0.29, 0.717) is 11.2 Å². The molecular formula is C11H18ClN3. The Morgan fingerprint density at radius 1 is 1.40 bits per heavy atom. The fourth-order valence-electron chi connectivity index (χ4n) is 1.29. The summed E-state index contributed by atoms with van der Waals surface area (Å²) >= 11 is 5.94. The lowest BCUT2D eigenvalue weighted by molar-refractivity contribution is 0.654. The zero-order chi connectivity index (χ0) is 11.4. The number of hydrogen-bond donors (Lipinski definition) is 0. The van der Waals surface area contributed by atoms with Gasteiger partial charge in [-0.05, 0) is 13.3 Å². The van der Waals surface area contributed by atoms with Gasteiger partial charge in [0.2, 0.25) is 0 Å². The van der Waals surface area contributed by atoms with Gasteiger partial charge in [0.05, 0.1) is 0 Å². The molecule has 4 heteroatoms. The standard InChI is InChI=1S/C11H18ClN3/c1-5-8(3)15(4)11-7-9(12)13-10(6-2)14-11/h7-8H,5-6H2,1-4H3. The molecule has 84 valence electrons. The van der Waals surface area contributed by atoms with E-state index >= 15 is 0 Å². The molecule has 0 amide bonds. The maximum atomic E-state index is 5.94. The number of nitrogens with zero attached hydrogens (tertiary/aromatic N) is 3. The second kappa shape index (κ2) is 5.31. The van der Waals surface area contributed by atoms with E-state index in [-0.39, 0.29) is 0 Å². The van der Waals surface area contributed by atoms with Crippen LogP contribution in [0.5, 0.6) is 0 Å². The van der Waals surface area contributed by atoms with Crippen LogP contribution in [0.3, 0.4) is 0 Å². The van der Waals surface area contributed by atoms with Crippen molar-refractivity contribution >= 4 is 17.4 Å². The molecule has 1 atom stereocenters. The lowest BCUT2D eigenvalue weighted by Crippen LogP contribution is -2.29. The number of anilines is 1. The highest BCUT2D eigenvalue weighted by molar-refractivity contribution is 6.29. The van der Waals surface area contributed by atoms with Crippen LogP contribution in [0, 0.1) is 0 Å². The van der Waals surface area contributed by atoms with Gasteiger partial charge >= 0.3 is 0 Å². The highest BCUT2D eigenvalue weighted by Gasteiger charge is 2.11. The Morgan fingerprint density at radius 3 is 2.60 bits per heavy atom. The van der Waals surface area contributed by atoms with E-state index in [0.717, 1.165) is 24.5 Å². The molecule has 0 radical (unpaired) electrons. The Kier molecular flexibility index (Phi) is 4.33. The maximum absolute atomic E-state index is 5.94. The van der Waals surface area contributed by atoms with E-state index in [1.165, 1.54) is 0 Å². The smallest absolute Gasteiger partial charge is 0.134 e. The van der Waals surface area contributed by atoms with Gasteiger partial charge in [-0.3, -0.25) is 0 Å². The van der Waals surface area contributed by atoms with Gasteiger partial charge in [0.25, 0.3) is 0 Å². The number of aryl methyl sites for hydroxylation is 1. The molecule has 0 aliphatic heterocycles. The molecule has 1 rings (SSSR count). The fraction of sp³-hybridized carbons (Fsp3) is 0.636. The molecule has 1 unspecified atom stereocenters. The highest BCUT2D eigenvalue weighted by atomic mass is 35.5. The van der Waals surface area contributed by atoms with Gasteiger partial charge in [-0.1, -0.05) is 25.4 Å². The minimum atomic E-state index is 0.459. The normalized spacial score (nSPS) is 12.6. The molecule has 15 heavy (non-hydrogen) atoms. The quantitative estimate of drug-likeness (QED) is 0.741. The Morgan fingerprint density at radius 2 is 2.07 bits per heavy atom. The van der Waals surface area contributed by atoms with E-state index in [4.69, 9.17) is 11.6 Å². The Bertz CT molecular complexity index is 328. The average molecular weight is 228 g/mol. The van der Waals surface area contributed by atoms with Crippen molar-refractivity contribution in [3.05, 3.63) is 17.0 Å². The van der Waals surface area contributed by atoms with Crippen LogP contribution in [0.15, 0.2) is 6.07 Å². The van der Waals surface area contributed by atoms with E-state index in [1.807, 2.05) is 20.0 Å². The van der Waals surface area contributed by atoms with E-state index < -0.39 is 0 Å². The van der Waals surface area contributed by atoms with Crippen LogP contribution in [0.1, 0.15) is 33.0 Å². The molecule has 0 saturated carbocycles. The summed E-state index contributed by atoms with van der Waals surface area (Å²) in [6, 6.07) is 2.27. The third-order valence-corrected chi connectivity index (χ3v) is 2.85. The lowest BCUT2D eigenvalue weighted by atomic mass is 10.2. The predicted molar refractivity (Wildman–Crippen MR) is 64.6 cm³/mol. The molecule has 1 aromatic rings. The van der Waals surface area contributed by atoms with E-state index in [2.05, 4.69) is 28.7 Å². The third-order valence-electron chi connectivity index (χ3n) is 2.66. The largest absolute Gasteiger partial charge is 0.357 e. The van der Waals surface area contributed by atoms with Gasteiger partial charge in [0.1, 0.15) is 16.8 Å². The summed E-state index contributed by atoms with van der Waals surface area (Å²) < 4.78 is 0. The van der Waals surface area contributed by atoms with Crippen molar-refractivity contribution in [1.82, 2.24) is 9.97 Å². The first-order chi connectivity index (χ1) is 7.08. The number of halogens is 1. The predicted octanol–water partition coefficient (Wildman–Crippen LogP) is 2.93. The Balaban J connectivity index is 2.97. The van der Waals surface area contributed by atoms with Crippen molar-refractivity contribution in [2.24, 2.45) is 0 Å². The minimum Gasteiger partial charge on any atom is -0.357 e. The van der Waals surface area contributed by atoms with Crippen LogP contribution in [0.4, 0.5) is 5.82 Å². The van der Waals surface area contributed by atoms with Crippen molar-refractivity contribution in [2.45, 2.75) is 39.7 Å².